The van der Waals surface area contributed by atoms with E-state index in [4.69, 9.17) is 11.5 Å². The summed E-state index contributed by atoms with van der Waals surface area (Å²) in [4.78, 5) is 25.0. The fraction of sp³-hybridized carbons (Fsp3) is 0.259. The molecule has 0 unspecified atom stereocenters. The van der Waals surface area contributed by atoms with Crippen molar-refractivity contribution in [1.82, 2.24) is 4.98 Å². The highest BCUT2D eigenvalue weighted by Crippen LogP contribution is 2.43. The van der Waals surface area contributed by atoms with E-state index >= 15 is 0 Å². The molecule has 2 aromatic heterocycles. The van der Waals surface area contributed by atoms with Crippen LogP contribution in [0.4, 0.5) is 29.0 Å². The minimum Gasteiger partial charge on any atom is -0.383 e. The lowest BCUT2D eigenvalue weighted by Gasteiger charge is -2.21. The van der Waals surface area contributed by atoms with Crippen molar-refractivity contribution in [3.05, 3.63) is 53.6 Å². The van der Waals surface area contributed by atoms with E-state index in [2.05, 4.69) is 20.9 Å². The van der Waals surface area contributed by atoms with Gasteiger partial charge in [0.1, 0.15) is 23.3 Å². The quantitative estimate of drug-likeness (QED) is 0.464. The van der Waals surface area contributed by atoms with Crippen molar-refractivity contribution in [3.8, 4) is 6.07 Å². The van der Waals surface area contributed by atoms with Crippen LogP contribution >= 0.6 is 0 Å². The topological polar surface area (TPSA) is 126 Å². The molecule has 0 bridgehead atoms. The number of carbonyl (C=O) groups excluding carboxylic acids is 1. The summed E-state index contributed by atoms with van der Waals surface area (Å²) in [5.41, 5.74) is 14.8. The molecule has 2 aliphatic rings. The predicted molar refractivity (Wildman–Crippen MR) is 137 cm³/mol. The van der Waals surface area contributed by atoms with Gasteiger partial charge in [-0.15, -0.1) is 0 Å². The number of hydrogen-bond donors (Lipinski definition) is 2. The molecule has 1 fully saturated rings. The first-order chi connectivity index (χ1) is 17.1. The van der Waals surface area contributed by atoms with Gasteiger partial charge in [-0.1, -0.05) is 43.2 Å². The molecule has 4 aromatic rings. The number of benzene rings is 2. The first-order valence-electron chi connectivity index (χ1n) is 12.0. The number of nitriles is 1. The number of hydrogen-bond acceptors (Lipinski definition) is 6. The van der Waals surface area contributed by atoms with E-state index < -0.39 is 0 Å². The van der Waals surface area contributed by atoms with Gasteiger partial charge in [-0.2, -0.15) is 5.26 Å². The van der Waals surface area contributed by atoms with Gasteiger partial charge in [0, 0.05) is 10.9 Å². The van der Waals surface area contributed by atoms with Crippen molar-refractivity contribution < 1.29 is 9.78 Å². The number of H-pyrrole nitrogens is 1. The Morgan fingerprint density at radius 2 is 1.71 bits per heavy atom. The van der Waals surface area contributed by atoms with E-state index in [1.807, 2.05) is 42.5 Å². The fourth-order valence-corrected chi connectivity index (χ4v) is 5.47. The molecule has 0 spiro atoms. The Labute approximate surface area is 202 Å². The van der Waals surface area contributed by atoms with Crippen LogP contribution in [0.5, 0.6) is 0 Å². The Morgan fingerprint density at radius 1 is 0.971 bits per heavy atom. The molecule has 174 valence electrons. The molecular formula is C27H26N7O+. The molecule has 5 N–H and O–H groups in total. The molecule has 1 amide bonds. The summed E-state index contributed by atoms with van der Waals surface area (Å²) in [6.45, 7) is 1.70. The van der Waals surface area contributed by atoms with E-state index in [0.29, 0.717) is 39.4 Å². The van der Waals surface area contributed by atoms with Gasteiger partial charge >= 0.3 is 0 Å². The maximum absolute atomic E-state index is 13.4. The van der Waals surface area contributed by atoms with Gasteiger partial charge in [0.15, 0.2) is 0 Å². The zero-order valence-electron chi connectivity index (χ0n) is 19.3. The van der Waals surface area contributed by atoms with Gasteiger partial charge in [-0.25, -0.2) is 9.97 Å². The van der Waals surface area contributed by atoms with Crippen LogP contribution in [-0.2, 0) is 11.2 Å². The number of aromatic nitrogens is 2. The number of fused-ring (bicyclic) bond motifs is 4. The molecule has 0 aliphatic carbocycles. The second kappa shape index (κ2) is 8.13. The van der Waals surface area contributed by atoms with E-state index in [1.54, 1.807) is 4.90 Å². The van der Waals surface area contributed by atoms with Gasteiger partial charge in [-0.3, -0.25) is 14.6 Å². The summed E-state index contributed by atoms with van der Waals surface area (Å²) in [5.74, 6) is 1.62. The average Bonchev–Trinajstić information content (AvgIpc) is 3.01. The van der Waals surface area contributed by atoms with Gasteiger partial charge in [0.25, 0.3) is 0 Å². The number of amides is 1. The third-order valence-electron chi connectivity index (χ3n) is 7.13. The van der Waals surface area contributed by atoms with Gasteiger partial charge < -0.3 is 11.5 Å². The number of rotatable bonds is 2. The molecule has 1 saturated heterocycles. The standard InChI is InChI=1S/C27H25N7O/c28-15-20-22-19-14-21(35)34(18-10-9-16-7-3-4-8-17(16)13-18)27(19)32-25(30)23(22)24(29)31-26(20)33-11-5-1-2-6-12-33/h3-4,7-10,13H,1-2,5-6,11-12,14H2,(H2,29,31)(H2,30,32)/p+1. The van der Waals surface area contributed by atoms with Gasteiger partial charge in [-0.05, 0) is 35.7 Å². The van der Waals surface area contributed by atoms with Crippen molar-refractivity contribution in [2.24, 2.45) is 0 Å². The second-order valence-electron chi connectivity index (χ2n) is 9.26. The smallest absolute Gasteiger partial charge is 0.240 e. The van der Waals surface area contributed by atoms with Crippen LogP contribution < -0.4 is 26.3 Å². The van der Waals surface area contributed by atoms with E-state index in [9.17, 15) is 10.1 Å². The average molecular weight is 465 g/mol. The van der Waals surface area contributed by atoms with Crippen LogP contribution in [0.3, 0.4) is 0 Å². The minimum atomic E-state index is -0.110. The molecule has 8 nitrogen and oxygen atoms in total. The molecule has 2 aliphatic heterocycles. The number of nitrogens with zero attached hydrogens (tertiary/aromatic N) is 4. The van der Waals surface area contributed by atoms with Crippen LogP contribution in [0.1, 0.15) is 36.8 Å². The van der Waals surface area contributed by atoms with Crippen molar-refractivity contribution in [2.75, 3.05) is 34.4 Å². The Hall–Kier alpha value is -4.38. The summed E-state index contributed by atoms with van der Waals surface area (Å²) in [5, 5.41) is 13.6. The number of nitrogen functional groups attached to an aromatic ring is 2. The highest BCUT2D eigenvalue weighted by atomic mass is 16.2. The highest BCUT2D eigenvalue weighted by molar-refractivity contribution is 6.15. The highest BCUT2D eigenvalue weighted by Gasteiger charge is 2.36. The van der Waals surface area contributed by atoms with Gasteiger partial charge in [0.2, 0.25) is 17.5 Å². The Kier molecular flexibility index (Phi) is 4.92. The lowest BCUT2D eigenvalue weighted by Crippen LogP contribution is -2.32. The molecule has 8 heteroatoms. The number of nitrogens with two attached hydrogens (primary N) is 2. The maximum atomic E-state index is 13.4. The van der Waals surface area contributed by atoms with Crippen LogP contribution in [0.2, 0.25) is 0 Å². The van der Waals surface area contributed by atoms with Crippen molar-refractivity contribution in [1.29, 1.82) is 5.26 Å². The molecule has 35 heavy (non-hydrogen) atoms. The van der Waals surface area contributed by atoms with Crippen LogP contribution in [-0.4, -0.2) is 24.0 Å². The number of anilines is 5. The first-order valence-corrected chi connectivity index (χ1v) is 12.0. The van der Waals surface area contributed by atoms with E-state index in [-0.39, 0.29) is 18.1 Å². The fourth-order valence-electron chi connectivity index (χ4n) is 5.47. The van der Waals surface area contributed by atoms with Crippen LogP contribution in [0.25, 0.3) is 21.5 Å². The summed E-state index contributed by atoms with van der Waals surface area (Å²) < 4.78 is 0. The molecule has 0 atom stereocenters. The number of carbonyl (C=O) groups is 1. The Bertz CT molecular complexity index is 1550. The largest absolute Gasteiger partial charge is 0.383 e. The predicted octanol–water partition coefficient (Wildman–Crippen LogP) is 3.84. The Balaban J connectivity index is 1.58. The molecule has 2 aromatic carbocycles. The number of pyridine rings is 2. The van der Waals surface area contributed by atoms with Crippen molar-refractivity contribution in [3.63, 3.8) is 0 Å². The lowest BCUT2D eigenvalue weighted by atomic mass is 10.0. The monoisotopic (exact) mass is 464 g/mol. The molecular weight excluding hydrogens is 438 g/mol. The van der Waals surface area contributed by atoms with E-state index in [1.165, 1.54) is 12.8 Å². The van der Waals surface area contributed by atoms with Crippen molar-refractivity contribution >= 4 is 56.4 Å². The summed E-state index contributed by atoms with van der Waals surface area (Å²) in [6.07, 6.45) is 4.58. The van der Waals surface area contributed by atoms with Gasteiger partial charge in [0.05, 0.1) is 30.6 Å². The molecule has 0 radical (unpaired) electrons. The molecule has 4 heterocycles. The zero-order valence-corrected chi connectivity index (χ0v) is 19.3. The van der Waals surface area contributed by atoms with Crippen LogP contribution in [0.15, 0.2) is 42.5 Å². The normalized spacial score (nSPS) is 15.9. The minimum absolute atomic E-state index is 0.110. The summed E-state index contributed by atoms with van der Waals surface area (Å²) in [6, 6.07) is 16.3. The third-order valence-corrected chi connectivity index (χ3v) is 7.13. The summed E-state index contributed by atoms with van der Waals surface area (Å²) in [7, 11) is 0. The second-order valence-corrected chi connectivity index (χ2v) is 9.26. The van der Waals surface area contributed by atoms with E-state index in [0.717, 1.165) is 42.4 Å². The lowest BCUT2D eigenvalue weighted by molar-refractivity contribution is -0.344. The number of aromatic amines is 1. The zero-order chi connectivity index (χ0) is 24.1. The summed E-state index contributed by atoms with van der Waals surface area (Å²) >= 11 is 0. The Morgan fingerprint density at radius 3 is 2.46 bits per heavy atom. The molecule has 0 saturated carbocycles. The number of nitrogens with one attached hydrogen (secondary N) is 1. The van der Waals surface area contributed by atoms with Crippen LogP contribution in [0, 0.1) is 11.3 Å². The maximum Gasteiger partial charge on any atom is 0.240 e. The van der Waals surface area contributed by atoms with Crippen molar-refractivity contribution in [2.45, 2.75) is 32.1 Å². The first kappa shape index (κ1) is 21.2. The third kappa shape index (κ3) is 3.31. The molecule has 6 rings (SSSR count). The SMILES string of the molecule is N#Cc1c(N2CCCCCC2)[nH+]c(N)c2c(N)nc3c(c12)CC(=O)N3c1ccc2ccccc2c1.